The van der Waals surface area contributed by atoms with E-state index < -0.39 is 0 Å². The van der Waals surface area contributed by atoms with E-state index in [1.54, 1.807) is 30.3 Å². The Morgan fingerprint density at radius 1 is 1.10 bits per heavy atom. The Morgan fingerprint density at radius 3 is 2.50 bits per heavy atom. The molecular weight excluding hydrogens is 418 g/mol. The van der Waals surface area contributed by atoms with Crippen LogP contribution < -0.4 is 5.56 Å². The number of nitrogens with zero attached hydrogens (tertiary/aromatic N) is 3. The molecule has 0 N–H and O–H groups in total. The lowest BCUT2D eigenvalue weighted by Gasteiger charge is -2.14. The van der Waals surface area contributed by atoms with Crippen LogP contribution in [0.15, 0.2) is 64.5 Å². The van der Waals surface area contributed by atoms with Crippen LogP contribution in [0.1, 0.15) is 21.7 Å². The van der Waals surface area contributed by atoms with Crippen molar-refractivity contribution < 1.29 is 4.79 Å². The highest BCUT2D eigenvalue weighted by Crippen LogP contribution is 2.26. The van der Waals surface area contributed by atoms with Crippen molar-refractivity contribution in [2.24, 2.45) is 7.05 Å². The van der Waals surface area contributed by atoms with Gasteiger partial charge in [0.2, 0.25) is 0 Å². The number of Topliss-reactive ketones (excluding diaryl/α,β-unsaturated/α-hetero) is 1. The van der Waals surface area contributed by atoms with Crippen molar-refractivity contribution in [1.29, 1.82) is 0 Å². The molecule has 0 unspecified atom stereocenters. The smallest absolute Gasteiger partial charge is 0.266 e. The van der Waals surface area contributed by atoms with Gasteiger partial charge in [-0.05, 0) is 44.2 Å². The van der Waals surface area contributed by atoms with Gasteiger partial charge in [-0.2, -0.15) is 0 Å². The van der Waals surface area contributed by atoms with Gasteiger partial charge in [0.25, 0.3) is 5.56 Å². The molecule has 0 aliphatic heterocycles. The van der Waals surface area contributed by atoms with Gasteiger partial charge in [-0.25, -0.2) is 4.98 Å². The number of aryl methyl sites for hydroxylation is 1. The molecule has 2 aromatic heterocycles. The Bertz CT molecular complexity index is 1340. The van der Waals surface area contributed by atoms with Gasteiger partial charge in [0.05, 0.1) is 27.4 Å². The van der Waals surface area contributed by atoms with Crippen LogP contribution in [-0.2, 0) is 7.05 Å². The number of carbonyl (C=O) groups excluding carboxylic acids is 1. The van der Waals surface area contributed by atoms with Crippen LogP contribution in [-0.4, -0.2) is 25.7 Å². The maximum Gasteiger partial charge on any atom is 0.266 e. The second kappa shape index (κ2) is 8.13. The van der Waals surface area contributed by atoms with E-state index in [1.165, 1.54) is 16.3 Å². The van der Waals surface area contributed by atoms with Gasteiger partial charge in [0.15, 0.2) is 10.9 Å². The largest absolute Gasteiger partial charge is 0.351 e. The summed E-state index contributed by atoms with van der Waals surface area (Å²) in [4.78, 5) is 30.8. The molecular formula is C23H20ClN3O2S. The van der Waals surface area contributed by atoms with Crippen LogP contribution in [0.3, 0.4) is 0 Å². The fourth-order valence-corrected chi connectivity index (χ4v) is 4.51. The average Bonchev–Trinajstić information content (AvgIpc) is 3.00. The summed E-state index contributed by atoms with van der Waals surface area (Å²) in [5.41, 5.74) is 3.56. The number of hydrogen-bond acceptors (Lipinski definition) is 4. The highest BCUT2D eigenvalue weighted by molar-refractivity contribution is 7.99. The number of thioether (sulfide) groups is 1. The average molecular weight is 438 g/mol. The molecule has 4 rings (SSSR count). The molecule has 2 aromatic carbocycles. The molecule has 5 nitrogen and oxygen atoms in total. The van der Waals surface area contributed by atoms with E-state index in [4.69, 9.17) is 11.6 Å². The minimum absolute atomic E-state index is 0.00526. The van der Waals surface area contributed by atoms with Crippen LogP contribution in [0.4, 0.5) is 0 Å². The predicted octanol–water partition coefficient (Wildman–Crippen LogP) is 4.97. The summed E-state index contributed by atoms with van der Waals surface area (Å²) in [6, 6.07) is 16.2. The topological polar surface area (TPSA) is 56.9 Å². The minimum Gasteiger partial charge on any atom is -0.351 e. The Kier molecular flexibility index (Phi) is 5.54. The number of halogens is 1. The molecule has 0 saturated heterocycles. The van der Waals surface area contributed by atoms with E-state index in [-0.39, 0.29) is 17.1 Å². The molecule has 0 aliphatic rings. The number of carbonyl (C=O) groups is 1. The van der Waals surface area contributed by atoms with Gasteiger partial charge >= 0.3 is 0 Å². The molecule has 0 bridgehead atoms. The third kappa shape index (κ3) is 3.57. The number of para-hydroxylation sites is 2. The predicted molar refractivity (Wildman–Crippen MR) is 122 cm³/mol. The van der Waals surface area contributed by atoms with Gasteiger partial charge in [-0.1, -0.05) is 47.6 Å². The molecule has 2 heterocycles. The maximum atomic E-state index is 13.3. The standard InChI is InChI=1S/C23H20ClN3O2S/c1-14-12-17(15(2)26(14)3)21(28)13-30-23-25-19-10-6-4-8-16(19)22(29)27(23)20-11-7-5-9-18(20)24/h4-12H,13H2,1-3H3. The first-order valence-corrected chi connectivity index (χ1v) is 10.8. The van der Waals surface area contributed by atoms with Crippen LogP contribution in [0.25, 0.3) is 16.6 Å². The van der Waals surface area contributed by atoms with E-state index in [0.29, 0.717) is 32.3 Å². The normalized spacial score (nSPS) is 11.2. The van der Waals surface area contributed by atoms with Crippen molar-refractivity contribution in [3.63, 3.8) is 0 Å². The van der Waals surface area contributed by atoms with Crippen molar-refractivity contribution in [3.05, 3.63) is 86.9 Å². The molecule has 152 valence electrons. The van der Waals surface area contributed by atoms with Crippen LogP contribution in [0.2, 0.25) is 5.02 Å². The van der Waals surface area contributed by atoms with Crippen LogP contribution >= 0.6 is 23.4 Å². The van der Waals surface area contributed by atoms with E-state index in [1.807, 2.05) is 49.7 Å². The number of rotatable bonds is 5. The monoisotopic (exact) mass is 437 g/mol. The summed E-state index contributed by atoms with van der Waals surface area (Å²) in [6.45, 7) is 3.90. The summed E-state index contributed by atoms with van der Waals surface area (Å²) in [5.74, 6) is 0.161. The Morgan fingerprint density at radius 2 is 1.80 bits per heavy atom. The zero-order valence-electron chi connectivity index (χ0n) is 16.8. The highest BCUT2D eigenvalue weighted by atomic mass is 35.5. The molecule has 0 radical (unpaired) electrons. The lowest BCUT2D eigenvalue weighted by molar-refractivity contribution is 0.102. The summed E-state index contributed by atoms with van der Waals surface area (Å²) >= 11 is 7.63. The van der Waals surface area contributed by atoms with Gasteiger partial charge in [0, 0.05) is 24.0 Å². The fourth-order valence-electron chi connectivity index (χ4n) is 3.40. The Labute approximate surface area is 183 Å². The van der Waals surface area contributed by atoms with Gasteiger partial charge in [-0.3, -0.25) is 14.2 Å². The molecule has 0 saturated carbocycles. The zero-order valence-corrected chi connectivity index (χ0v) is 18.4. The summed E-state index contributed by atoms with van der Waals surface area (Å²) in [6.07, 6.45) is 0. The van der Waals surface area contributed by atoms with Crippen molar-refractivity contribution in [1.82, 2.24) is 14.1 Å². The van der Waals surface area contributed by atoms with E-state index in [9.17, 15) is 9.59 Å². The number of hydrogen-bond donors (Lipinski definition) is 0. The lowest BCUT2D eigenvalue weighted by Crippen LogP contribution is -2.22. The molecule has 4 aromatic rings. The Hall–Kier alpha value is -2.83. The van der Waals surface area contributed by atoms with E-state index in [2.05, 4.69) is 4.98 Å². The van der Waals surface area contributed by atoms with Crippen molar-refractivity contribution >= 4 is 40.0 Å². The van der Waals surface area contributed by atoms with Crippen molar-refractivity contribution in [2.45, 2.75) is 19.0 Å². The first-order valence-electron chi connectivity index (χ1n) is 9.44. The van der Waals surface area contributed by atoms with Crippen molar-refractivity contribution in [3.8, 4) is 5.69 Å². The minimum atomic E-state index is -0.213. The molecule has 0 aliphatic carbocycles. The Balaban J connectivity index is 1.79. The number of ketones is 1. The van der Waals surface area contributed by atoms with Crippen molar-refractivity contribution in [2.75, 3.05) is 5.75 Å². The molecule has 0 fully saturated rings. The third-order valence-corrected chi connectivity index (χ3v) is 6.50. The third-order valence-electron chi connectivity index (χ3n) is 5.25. The highest BCUT2D eigenvalue weighted by Gasteiger charge is 2.19. The molecule has 0 atom stereocenters. The summed E-state index contributed by atoms with van der Waals surface area (Å²) in [7, 11) is 1.94. The molecule has 30 heavy (non-hydrogen) atoms. The summed E-state index contributed by atoms with van der Waals surface area (Å²) < 4.78 is 3.48. The van der Waals surface area contributed by atoms with Gasteiger partial charge in [0.1, 0.15) is 0 Å². The first kappa shape index (κ1) is 20.4. The number of benzene rings is 2. The van der Waals surface area contributed by atoms with Gasteiger partial charge < -0.3 is 4.57 Å². The van der Waals surface area contributed by atoms with Crippen LogP contribution in [0, 0.1) is 13.8 Å². The van der Waals surface area contributed by atoms with E-state index in [0.717, 1.165) is 11.4 Å². The first-order chi connectivity index (χ1) is 14.4. The number of aromatic nitrogens is 3. The second-order valence-electron chi connectivity index (χ2n) is 7.06. The summed E-state index contributed by atoms with van der Waals surface area (Å²) in [5, 5.41) is 1.38. The lowest BCUT2D eigenvalue weighted by atomic mass is 10.2. The SMILES string of the molecule is Cc1cc(C(=O)CSc2nc3ccccc3c(=O)n2-c2ccccc2Cl)c(C)n1C. The number of fused-ring (bicyclic) bond motifs is 1. The zero-order chi connectivity index (χ0) is 21.4. The maximum absolute atomic E-state index is 13.3. The quantitative estimate of drug-likeness (QED) is 0.251. The second-order valence-corrected chi connectivity index (χ2v) is 8.41. The fraction of sp³-hybridized carbons (Fsp3) is 0.174. The van der Waals surface area contributed by atoms with E-state index >= 15 is 0 Å². The molecule has 0 spiro atoms. The van der Waals surface area contributed by atoms with Gasteiger partial charge in [-0.15, -0.1) is 0 Å². The van der Waals surface area contributed by atoms with Crippen LogP contribution in [0.5, 0.6) is 0 Å². The molecule has 0 amide bonds. The molecule has 7 heteroatoms.